The first-order valence-electron chi connectivity index (χ1n) is 8.02. The van der Waals surface area contributed by atoms with E-state index >= 15 is 0 Å². The molecule has 28 heavy (non-hydrogen) atoms. The first-order valence-corrected chi connectivity index (χ1v) is 9.77. The zero-order valence-electron chi connectivity index (χ0n) is 15.0. The maximum absolute atomic E-state index is 12.2. The standard InChI is InChI=1S/C18H16Cl2N4O3S/c1-26-11-6-10(7-12(8-11)27-2)17-22-18(24-23-17)28-9-15(25)21-14-5-3-4-13(19)16(14)20/h3-8H,9H2,1-2H3,(H,21,25)(H,22,23,24). The molecule has 7 nitrogen and oxygen atoms in total. The number of benzene rings is 2. The predicted octanol–water partition coefficient (Wildman–Crippen LogP) is 4.53. The van der Waals surface area contributed by atoms with Gasteiger partial charge in [-0.25, -0.2) is 4.98 Å². The number of nitrogens with zero attached hydrogens (tertiary/aromatic N) is 2. The number of aromatic nitrogens is 3. The molecular weight excluding hydrogens is 423 g/mol. The van der Waals surface area contributed by atoms with Crippen LogP contribution in [0.5, 0.6) is 11.5 Å². The number of rotatable bonds is 7. The molecule has 0 atom stereocenters. The van der Waals surface area contributed by atoms with E-state index in [2.05, 4.69) is 20.5 Å². The van der Waals surface area contributed by atoms with E-state index in [-0.39, 0.29) is 11.7 Å². The highest BCUT2D eigenvalue weighted by molar-refractivity contribution is 7.99. The molecule has 1 heterocycles. The second-order valence-electron chi connectivity index (χ2n) is 5.51. The third-order valence-corrected chi connectivity index (χ3v) is 5.31. The van der Waals surface area contributed by atoms with Crippen molar-refractivity contribution in [2.75, 3.05) is 25.3 Å². The zero-order valence-corrected chi connectivity index (χ0v) is 17.3. The number of halogens is 2. The molecule has 0 fully saturated rings. The number of hydrogen-bond acceptors (Lipinski definition) is 6. The molecule has 0 bridgehead atoms. The number of amides is 1. The number of methoxy groups -OCH3 is 2. The van der Waals surface area contributed by atoms with Crippen molar-refractivity contribution in [2.45, 2.75) is 5.16 Å². The lowest BCUT2D eigenvalue weighted by Crippen LogP contribution is -2.14. The van der Waals surface area contributed by atoms with Gasteiger partial charge in [0.1, 0.15) is 11.5 Å². The van der Waals surface area contributed by atoms with Crippen molar-refractivity contribution < 1.29 is 14.3 Å². The van der Waals surface area contributed by atoms with Gasteiger partial charge in [-0.3, -0.25) is 9.89 Å². The average molecular weight is 439 g/mol. The summed E-state index contributed by atoms with van der Waals surface area (Å²) in [6, 6.07) is 10.4. The number of aromatic amines is 1. The minimum Gasteiger partial charge on any atom is -0.497 e. The molecule has 3 rings (SSSR count). The van der Waals surface area contributed by atoms with Gasteiger partial charge in [0.15, 0.2) is 5.82 Å². The highest BCUT2D eigenvalue weighted by Crippen LogP contribution is 2.30. The van der Waals surface area contributed by atoms with Gasteiger partial charge in [0, 0.05) is 11.6 Å². The van der Waals surface area contributed by atoms with E-state index in [0.717, 1.165) is 5.56 Å². The Morgan fingerprint density at radius 3 is 2.57 bits per heavy atom. The fourth-order valence-electron chi connectivity index (χ4n) is 2.30. The van der Waals surface area contributed by atoms with Crippen molar-refractivity contribution in [3.8, 4) is 22.9 Å². The fourth-order valence-corrected chi connectivity index (χ4v) is 3.25. The number of carbonyl (C=O) groups excluding carboxylic acids is 1. The SMILES string of the molecule is COc1cc(OC)cc(-c2nc(SCC(=O)Nc3cccc(Cl)c3Cl)n[nH]2)c1. The molecule has 0 unspecified atom stereocenters. The van der Waals surface area contributed by atoms with Crippen LogP contribution < -0.4 is 14.8 Å². The van der Waals surface area contributed by atoms with Gasteiger partial charge in [-0.05, 0) is 24.3 Å². The normalized spacial score (nSPS) is 10.6. The van der Waals surface area contributed by atoms with Gasteiger partial charge in [0.2, 0.25) is 11.1 Å². The van der Waals surface area contributed by atoms with Crippen molar-refractivity contribution in [2.24, 2.45) is 0 Å². The Hall–Kier alpha value is -2.42. The summed E-state index contributed by atoms with van der Waals surface area (Å²) in [6.07, 6.45) is 0. The monoisotopic (exact) mass is 438 g/mol. The quantitative estimate of drug-likeness (QED) is 0.526. The predicted molar refractivity (Wildman–Crippen MR) is 111 cm³/mol. The van der Waals surface area contributed by atoms with Gasteiger partial charge in [-0.2, -0.15) is 0 Å². The van der Waals surface area contributed by atoms with Crippen LogP contribution >= 0.6 is 35.0 Å². The van der Waals surface area contributed by atoms with Crippen molar-refractivity contribution in [1.82, 2.24) is 15.2 Å². The summed E-state index contributed by atoms with van der Waals surface area (Å²) in [6.45, 7) is 0. The van der Waals surface area contributed by atoms with Gasteiger partial charge < -0.3 is 14.8 Å². The molecule has 146 valence electrons. The summed E-state index contributed by atoms with van der Waals surface area (Å²) in [7, 11) is 3.15. The molecule has 0 radical (unpaired) electrons. The van der Waals surface area contributed by atoms with Crippen molar-refractivity contribution in [3.05, 3.63) is 46.4 Å². The molecule has 2 N–H and O–H groups in total. The molecule has 0 aliphatic carbocycles. The van der Waals surface area contributed by atoms with Crippen LogP contribution in [0.3, 0.4) is 0 Å². The third kappa shape index (κ3) is 4.89. The van der Waals surface area contributed by atoms with Crippen LogP contribution in [0, 0.1) is 0 Å². The average Bonchev–Trinajstić information content (AvgIpc) is 3.18. The van der Waals surface area contributed by atoms with E-state index < -0.39 is 0 Å². The third-order valence-electron chi connectivity index (χ3n) is 3.65. The molecule has 2 aromatic carbocycles. The summed E-state index contributed by atoms with van der Waals surface area (Å²) in [5.41, 5.74) is 1.21. The molecule has 0 aliphatic heterocycles. The van der Waals surface area contributed by atoms with E-state index in [4.69, 9.17) is 32.7 Å². The number of anilines is 1. The summed E-state index contributed by atoms with van der Waals surface area (Å²) < 4.78 is 10.5. The zero-order chi connectivity index (χ0) is 20.1. The molecule has 0 spiro atoms. The van der Waals surface area contributed by atoms with Crippen LogP contribution in [-0.2, 0) is 4.79 Å². The molecule has 1 amide bonds. The van der Waals surface area contributed by atoms with E-state index in [1.807, 2.05) is 12.1 Å². The molecule has 0 saturated carbocycles. The van der Waals surface area contributed by atoms with E-state index in [0.29, 0.717) is 38.2 Å². The smallest absolute Gasteiger partial charge is 0.234 e. The maximum atomic E-state index is 12.2. The highest BCUT2D eigenvalue weighted by Gasteiger charge is 2.13. The van der Waals surface area contributed by atoms with Gasteiger partial charge in [0.05, 0.1) is 35.7 Å². The summed E-state index contributed by atoms with van der Waals surface area (Å²) in [5.74, 6) is 1.68. The Kier molecular flexibility index (Phi) is 6.66. The lowest BCUT2D eigenvalue weighted by molar-refractivity contribution is -0.113. The Balaban J connectivity index is 1.65. The van der Waals surface area contributed by atoms with Crippen LogP contribution in [0.2, 0.25) is 10.0 Å². The summed E-state index contributed by atoms with van der Waals surface area (Å²) in [5, 5.41) is 10.8. The van der Waals surface area contributed by atoms with E-state index in [1.165, 1.54) is 11.8 Å². The highest BCUT2D eigenvalue weighted by atomic mass is 35.5. The van der Waals surface area contributed by atoms with E-state index in [1.54, 1.807) is 38.5 Å². The molecule has 1 aromatic heterocycles. The first-order chi connectivity index (χ1) is 13.5. The number of thioether (sulfide) groups is 1. The molecule has 3 aromatic rings. The van der Waals surface area contributed by atoms with Crippen LogP contribution in [0.25, 0.3) is 11.4 Å². The maximum Gasteiger partial charge on any atom is 0.234 e. The van der Waals surface area contributed by atoms with Gasteiger partial charge in [-0.1, -0.05) is 41.0 Å². The van der Waals surface area contributed by atoms with Crippen LogP contribution in [0.15, 0.2) is 41.6 Å². The largest absolute Gasteiger partial charge is 0.497 e. The number of H-pyrrole nitrogens is 1. The lowest BCUT2D eigenvalue weighted by Gasteiger charge is -2.07. The fraction of sp³-hybridized carbons (Fsp3) is 0.167. The Morgan fingerprint density at radius 1 is 1.18 bits per heavy atom. The number of carbonyl (C=O) groups is 1. The second-order valence-corrected chi connectivity index (χ2v) is 7.23. The summed E-state index contributed by atoms with van der Waals surface area (Å²) >= 11 is 13.2. The molecular formula is C18H16Cl2N4O3S. The summed E-state index contributed by atoms with van der Waals surface area (Å²) in [4.78, 5) is 16.6. The molecule has 10 heteroatoms. The lowest BCUT2D eigenvalue weighted by atomic mass is 10.2. The van der Waals surface area contributed by atoms with Gasteiger partial charge >= 0.3 is 0 Å². The molecule has 0 saturated heterocycles. The Morgan fingerprint density at radius 2 is 1.89 bits per heavy atom. The van der Waals surface area contributed by atoms with Gasteiger partial charge in [0.25, 0.3) is 0 Å². The topological polar surface area (TPSA) is 89.1 Å². The van der Waals surface area contributed by atoms with Crippen molar-refractivity contribution in [1.29, 1.82) is 0 Å². The van der Waals surface area contributed by atoms with Crippen molar-refractivity contribution in [3.63, 3.8) is 0 Å². The number of ether oxygens (including phenoxy) is 2. The number of nitrogens with one attached hydrogen (secondary N) is 2. The van der Waals surface area contributed by atoms with Gasteiger partial charge in [-0.15, -0.1) is 5.10 Å². The van der Waals surface area contributed by atoms with Crippen LogP contribution in [0.1, 0.15) is 0 Å². The Labute approximate surface area is 175 Å². The van der Waals surface area contributed by atoms with Crippen molar-refractivity contribution >= 4 is 46.6 Å². The minimum atomic E-state index is -0.247. The Bertz CT molecular complexity index is 974. The van der Waals surface area contributed by atoms with E-state index in [9.17, 15) is 4.79 Å². The molecule has 0 aliphatic rings. The number of hydrogen-bond donors (Lipinski definition) is 2. The van der Waals surface area contributed by atoms with Crippen LogP contribution in [-0.4, -0.2) is 41.1 Å². The van der Waals surface area contributed by atoms with Crippen LogP contribution in [0.4, 0.5) is 5.69 Å². The second kappa shape index (κ2) is 9.18. The minimum absolute atomic E-state index is 0.113. The first kappa shape index (κ1) is 20.3.